The first kappa shape index (κ1) is 10.4. The average molecular weight is 210 g/mol. The largest absolute Gasteiger partial charge is 0.487 e. The molecule has 0 radical (unpaired) electrons. The molecule has 82 valence electrons. The maximum Gasteiger partial charge on any atom is 0.126 e. The molecule has 1 aromatic carbocycles. The summed E-state index contributed by atoms with van der Waals surface area (Å²) in [6.07, 6.45) is 0.704. The molecule has 1 unspecified atom stereocenters. The zero-order valence-corrected chi connectivity index (χ0v) is 8.96. The Bertz CT molecular complexity index is 378. The molecule has 1 aromatic rings. The summed E-state index contributed by atoms with van der Waals surface area (Å²) < 4.78 is 18.7. The topological polar surface area (TPSA) is 29.5 Å². The quantitative estimate of drug-likeness (QED) is 0.772. The summed E-state index contributed by atoms with van der Waals surface area (Å²) in [5.74, 6) is 0.260. The zero-order chi connectivity index (χ0) is 11.1. The number of hydrogen-bond donors (Lipinski definition) is 1. The molecule has 0 saturated heterocycles. The first-order valence-electron chi connectivity index (χ1n) is 5.20. The van der Waals surface area contributed by atoms with E-state index in [0.717, 1.165) is 6.42 Å². The lowest BCUT2D eigenvalue weighted by Gasteiger charge is -2.37. The minimum absolute atomic E-state index is 0.337. The van der Waals surface area contributed by atoms with Crippen LogP contribution in [0.15, 0.2) is 18.2 Å². The average Bonchev–Trinajstić information content (AvgIpc) is 2.20. The van der Waals surface area contributed by atoms with E-state index in [1.807, 2.05) is 13.8 Å². The molecular formula is C12H15FO2. The van der Waals surface area contributed by atoms with E-state index in [0.29, 0.717) is 17.7 Å². The van der Waals surface area contributed by atoms with Gasteiger partial charge in [-0.1, -0.05) is 6.92 Å². The van der Waals surface area contributed by atoms with Crippen molar-refractivity contribution in [1.29, 1.82) is 0 Å². The van der Waals surface area contributed by atoms with E-state index in [1.165, 1.54) is 12.1 Å². The van der Waals surface area contributed by atoms with Crippen LogP contribution in [0.3, 0.4) is 0 Å². The Morgan fingerprint density at radius 1 is 1.60 bits per heavy atom. The second-order valence-corrected chi connectivity index (χ2v) is 4.31. The number of ether oxygens (including phenoxy) is 1. The van der Waals surface area contributed by atoms with Crippen LogP contribution in [0.2, 0.25) is 0 Å². The number of hydrogen-bond acceptors (Lipinski definition) is 2. The van der Waals surface area contributed by atoms with Gasteiger partial charge in [0, 0.05) is 12.0 Å². The number of aliphatic hydroxyl groups is 1. The highest BCUT2D eigenvalue weighted by molar-refractivity contribution is 5.38. The molecule has 0 aliphatic carbocycles. The van der Waals surface area contributed by atoms with Crippen LogP contribution in [0, 0.1) is 5.82 Å². The third-order valence-electron chi connectivity index (χ3n) is 3.06. The number of fused-ring (bicyclic) bond motifs is 1. The fourth-order valence-electron chi connectivity index (χ4n) is 1.92. The summed E-state index contributed by atoms with van der Waals surface area (Å²) in [6, 6.07) is 4.28. The van der Waals surface area contributed by atoms with Crippen LogP contribution in [0.1, 0.15) is 38.4 Å². The van der Waals surface area contributed by atoms with E-state index >= 15 is 0 Å². The van der Waals surface area contributed by atoms with Gasteiger partial charge in [-0.15, -0.1) is 0 Å². The minimum Gasteiger partial charge on any atom is -0.487 e. The Morgan fingerprint density at radius 2 is 2.33 bits per heavy atom. The van der Waals surface area contributed by atoms with Gasteiger partial charge in [-0.25, -0.2) is 4.39 Å². The smallest absolute Gasteiger partial charge is 0.126 e. The third-order valence-corrected chi connectivity index (χ3v) is 3.06. The first-order chi connectivity index (χ1) is 7.04. The van der Waals surface area contributed by atoms with Gasteiger partial charge in [-0.05, 0) is 31.5 Å². The van der Waals surface area contributed by atoms with Crippen molar-refractivity contribution in [2.75, 3.05) is 0 Å². The Kier molecular flexibility index (Phi) is 2.43. The van der Waals surface area contributed by atoms with Gasteiger partial charge in [0.15, 0.2) is 0 Å². The second-order valence-electron chi connectivity index (χ2n) is 4.31. The molecule has 2 rings (SSSR count). The summed E-state index contributed by atoms with van der Waals surface area (Å²) in [5, 5.41) is 9.91. The molecular weight excluding hydrogens is 195 g/mol. The summed E-state index contributed by atoms with van der Waals surface area (Å²) in [5.41, 5.74) is 0.213. The van der Waals surface area contributed by atoms with Crippen LogP contribution in [0.4, 0.5) is 4.39 Å². The normalized spacial score (nSPS) is 29.5. The van der Waals surface area contributed by atoms with Crippen molar-refractivity contribution in [2.45, 2.75) is 38.4 Å². The maximum absolute atomic E-state index is 13.0. The predicted octanol–water partition coefficient (Wildman–Crippen LogP) is 2.81. The fraction of sp³-hybridized carbons (Fsp3) is 0.500. The van der Waals surface area contributed by atoms with Crippen LogP contribution < -0.4 is 4.74 Å². The van der Waals surface area contributed by atoms with Crippen molar-refractivity contribution >= 4 is 0 Å². The lowest BCUT2D eigenvalue weighted by molar-refractivity contribution is -0.00402. The summed E-state index contributed by atoms with van der Waals surface area (Å²) in [4.78, 5) is 0. The van der Waals surface area contributed by atoms with E-state index in [9.17, 15) is 9.50 Å². The molecule has 1 aliphatic rings. The van der Waals surface area contributed by atoms with Gasteiger partial charge in [-0.2, -0.15) is 0 Å². The second kappa shape index (κ2) is 3.49. The molecule has 0 fully saturated rings. The van der Waals surface area contributed by atoms with Crippen molar-refractivity contribution < 1.29 is 14.2 Å². The molecule has 1 aliphatic heterocycles. The Hall–Kier alpha value is -1.09. The van der Waals surface area contributed by atoms with Gasteiger partial charge in [0.2, 0.25) is 0 Å². The van der Waals surface area contributed by atoms with Gasteiger partial charge in [0.25, 0.3) is 0 Å². The van der Waals surface area contributed by atoms with E-state index in [-0.39, 0.29) is 11.4 Å². The van der Waals surface area contributed by atoms with E-state index in [4.69, 9.17) is 4.74 Å². The van der Waals surface area contributed by atoms with Crippen molar-refractivity contribution in [3.05, 3.63) is 29.6 Å². The van der Waals surface area contributed by atoms with E-state index < -0.39 is 6.10 Å². The van der Waals surface area contributed by atoms with Crippen LogP contribution in [0.25, 0.3) is 0 Å². The molecule has 0 saturated carbocycles. The lowest BCUT2D eigenvalue weighted by atomic mass is 9.88. The van der Waals surface area contributed by atoms with Gasteiger partial charge in [0.05, 0.1) is 6.10 Å². The Morgan fingerprint density at radius 3 is 3.00 bits per heavy atom. The van der Waals surface area contributed by atoms with Crippen LogP contribution >= 0.6 is 0 Å². The summed E-state index contributed by atoms with van der Waals surface area (Å²) in [7, 11) is 0. The van der Waals surface area contributed by atoms with Gasteiger partial charge < -0.3 is 9.84 Å². The molecule has 0 amide bonds. The number of halogens is 1. The molecule has 2 nitrogen and oxygen atoms in total. The standard InChI is InChI=1S/C12H15FO2/c1-3-12(2)7-10(14)9-6-8(13)4-5-11(9)15-12/h4-6,10,14H,3,7H2,1-2H3/t10-,12?/m0/s1. The van der Waals surface area contributed by atoms with Crippen molar-refractivity contribution in [2.24, 2.45) is 0 Å². The molecule has 3 heteroatoms. The van der Waals surface area contributed by atoms with Crippen molar-refractivity contribution in [3.63, 3.8) is 0 Å². The molecule has 0 bridgehead atoms. The Labute approximate surface area is 88.7 Å². The highest BCUT2D eigenvalue weighted by atomic mass is 19.1. The Balaban J connectivity index is 2.41. The third kappa shape index (κ3) is 1.84. The SMILES string of the molecule is CCC1(C)C[C@H](O)c2cc(F)ccc2O1. The van der Waals surface area contributed by atoms with Crippen molar-refractivity contribution in [1.82, 2.24) is 0 Å². The van der Waals surface area contributed by atoms with E-state index in [1.54, 1.807) is 6.07 Å². The number of benzene rings is 1. The zero-order valence-electron chi connectivity index (χ0n) is 8.96. The van der Waals surface area contributed by atoms with Gasteiger partial charge in [0.1, 0.15) is 17.2 Å². The molecule has 0 aromatic heterocycles. The number of rotatable bonds is 1. The lowest BCUT2D eigenvalue weighted by Crippen LogP contribution is -2.37. The fourth-order valence-corrected chi connectivity index (χ4v) is 1.92. The van der Waals surface area contributed by atoms with Gasteiger partial charge >= 0.3 is 0 Å². The number of aliphatic hydroxyl groups excluding tert-OH is 1. The van der Waals surface area contributed by atoms with Crippen molar-refractivity contribution in [3.8, 4) is 5.75 Å². The van der Waals surface area contributed by atoms with E-state index in [2.05, 4.69) is 0 Å². The minimum atomic E-state index is -0.630. The van der Waals surface area contributed by atoms with Crippen LogP contribution in [-0.4, -0.2) is 10.7 Å². The predicted molar refractivity (Wildman–Crippen MR) is 55.3 cm³/mol. The van der Waals surface area contributed by atoms with Crippen LogP contribution in [0.5, 0.6) is 5.75 Å². The molecule has 15 heavy (non-hydrogen) atoms. The van der Waals surface area contributed by atoms with Crippen LogP contribution in [-0.2, 0) is 0 Å². The maximum atomic E-state index is 13.0. The molecule has 1 heterocycles. The highest BCUT2D eigenvalue weighted by Gasteiger charge is 2.35. The molecule has 0 spiro atoms. The monoisotopic (exact) mass is 210 g/mol. The summed E-state index contributed by atoms with van der Waals surface area (Å²) >= 11 is 0. The molecule has 2 atom stereocenters. The summed E-state index contributed by atoms with van der Waals surface area (Å²) in [6.45, 7) is 3.98. The molecule has 1 N–H and O–H groups in total. The first-order valence-corrected chi connectivity index (χ1v) is 5.20. The highest BCUT2D eigenvalue weighted by Crippen LogP contribution is 2.40. The van der Waals surface area contributed by atoms with Gasteiger partial charge in [-0.3, -0.25) is 0 Å².